The number of aryl methyl sites for hydroxylation is 1. The third-order valence-corrected chi connectivity index (χ3v) is 3.81. The summed E-state index contributed by atoms with van der Waals surface area (Å²) in [4.78, 5) is 16.2. The van der Waals surface area contributed by atoms with Gasteiger partial charge < -0.3 is 4.74 Å². The van der Waals surface area contributed by atoms with Crippen molar-refractivity contribution in [2.45, 2.75) is 13.5 Å². The van der Waals surface area contributed by atoms with E-state index in [1.807, 2.05) is 6.07 Å². The third-order valence-electron chi connectivity index (χ3n) is 2.89. The average molecular weight is 334 g/mol. The second kappa shape index (κ2) is 5.88. The first-order valence-corrected chi connectivity index (χ1v) is 6.64. The van der Waals surface area contributed by atoms with Crippen molar-refractivity contribution in [3.05, 3.63) is 56.2 Å². The number of ether oxygens (including phenoxy) is 1. The number of nitriles is 1. The predicted molar refractivity (Wildman–Crippen MR) is 77.7 cm³/mol. The Kier molecular flexibility index (Phi) is 4.20. The van der Waals surface area contributed by atoms with Crippen LogP contribution in [0, 0.1) is 18.3 Å². The summed E-state index contributed by atoms with van der Waals surface area (Å²) in [6.45, 7) is 2.11. The molecule has 0 atom stereocenters. The molecule has 2 aromatic rings. The van der Waals surface area contributed by atoms with Gasteiger partial charge in [-0.05, 0) is 40.5 Å². The Balaban J connectivity index is 2.39. The van der Waals surface area contributed by atoms with Crippen LogP contribution in [-0.4, -0.2) is 16.7 Å². The van der Waals surface area contributed by atoms with Crippen LogP contribution in [0.1, 0.15) is 16.8 Å². The van der Waals surface area contributed by atoms with Gasteiger partial charge in [0.15, 0.2) is 0 Å². The molecule has 0 saturated heterocycles. The molecule has 1 heterocycles. The SMILES string of the molecule is COc1ccc(Cn2cnc(C)c(Br)c2=O)cc1C#N. The molecule has 0 bridgehead atoms. The molecule has 2 rings (SSSR count). The number of hydrogen-bond donors (Lipinski definition) is 0. The van der Waals surface area contributed by atoms with Crippen LogP contribution in [0.5, 0.6) is 5.75 Å². The van der Waals surface area contributed by atoms with Crippen LogP contribution in [0.3, 0.4) is 0 Å². The molecule has 1 aromatic carbocycles. The van der Waals surface area contributed by atoms with E-state index in [-0.39, 0.29) is 5.56 Å². The second-order valence-corrected chi connectivity index (χ2v) is 5.02. The maximum absolute atomic E-state index is 12.1. The quantitative estimate of drug-likeness (QED) is 0.863. The molecule has 1 aromatic heterocycles. The Morgan fingerprint density at radius 3 is 2.90 bits per heavy atom. The molecule has 0 N–H and O–H groups in total. The topological polar surface area (TPSA) is 67.9 Å². The largest absolute Gasteiger partial charge is 0.495 e. The van der Waals surface area contributed by atoms with Crippen molar-refractivity contribution in [2.24, 2.45) is 0 Å². The number of rotatable bonds is 3. The fourth-order valence-corrected chi connectivity index (χ4v) is 2.13. The van der Waals surface area contributed by atoms with Gasteiger partial charge in [-0.15, -0.1) is 0 Å². The molecule has 0 fully saturated rings. The molecule has 0 spiro atoms. The molecule has 0 amide bonds. The summed E-state index contributed by atoms with van der Waals surface area (Å²) in [5.74, 6) is 0.520. The highest BCUT2D eigenvalue weighted by Crippen LogP contribution is 2.19. The number of benzene rings is 1. The van der Waals surface area contributed by atoms with Gasteiger partial charge in [0.2, 0.25) is 0 Å². The molecular weight excluding hydrogens is 322 g/mol. The summed E-state index contributed by atoms with van der Waals surface area (Å²) in [7, 11) is 1.52. The Labute approximate surface area is 124 Å². The lowest BCUT2D eigenvalue weighted by atomic mass is 10.1. The monoisotopic (exact) mass is 333 g/mol. The fraction of sp³-hybridized carbons (Fsp3) is 0.214. The van der Waals surface area contributed by atoms with Crippen LogP contribution in [0.2, 0.25) is 0 Å². The summed E-state index contributed by atoms with van der Waals surface area (Å²) in [6, 6.07) is 7.32. The first-order valence-electron chi connectivity index (χ1n) is 5.85. The summed E-state index contributed by atoms with van der Waals surface area (Å²) in [6.07, 6.45) is 1.50. The maximum atomic E-state index is 12.1. The van der Waals surface area contributed by atoms with Crippen molar-refractivity contribution in [3.8, 4) is 11.8 Å². The van der Waals surface area contributed by atoms with E-state index in [0.29, 0.717) is 28.0 Å². The van der Waals surface area contributed by atoms with Crippen LogP contribution >= 0.6 is 15.9 Å². The van der Waals surface area contributed by atoms with Gasteiger partial charge in [0.25, 0.3) is 5.56 Å². The van der Waals surface area contributed by atoms with Crippen molar-refractivity contribution in [3.63, 3.8) is 0 Å². The van der Waals surface area contributed by atoms with E-state index in [1.165, 1.54) is 18.0 Å². The molecular formula is C14H12BrN3O2. The van der Waals surface area contributed by atoms with Crippen molar-refractivity contribution < 1.29 is 4.74 Å². The van der Waals surface area contributed by atoms with Crippen LogP contribution < -0.4 is 10.3 Å². The van der Waals surface area contributed by atoms with Crippen molar-refractivity contribution in [1.82, 2.24) is 9.55 Å². The number of aromatic nitrogens is 2. The smallest absolute Gasteiger partial charge is 0.268 e. The lowest BCUT2D eigenvalue weighted by Crippen LogP contribution is -2.22. The first-order chi connectivity index (χ1) is 9.56. The van der Waals surface area contributed by atoms with E-state index in [2.05, 4.69) is 27.0 Å². The third kappa shape index (κ3) is 2.73. The van der Waals surface area contributed by atoms with Gasteiger partial charge in [-0.3, -0.25) is 9.36 Å². The molecule has 0 unspecified atom stereocenters. The minimum Gasteiger partial charge on any atom is -0.495 e. The van der Waals surface area contributed by atoms with Gasteiger partial charge in [0.1, 0.15) is 16.3 Å². The fourth-order valence-electron chi connectivity index (χ4n) is 1.80. The zero-order valence-corrected chi connectivity index (χ0v) is 12.6. The molecule has 0 aliphatic carbocycles. The summed E-state index contributed by atoms with van der Waals surface area (Å²) in [5, 5.41) is 9.06. The molecule has 0 radical (unpaired) electrons. The Morgan fingerprint density at radius 1 is 1.50 bits per heavy atom. The molecule has 5 nitrogen and oxygen atoms in total. The zero-order valence-electron chi connectivity index (χ0n) is 11.1. The standard InChI is InChI=1S/C14H12BrN3O2/c1-9-13(15)14(19)18(8-17-9)7-10-3-4-12(20-2)11(5-10)6-16/h3-5,8H,7H2,1-2H3. The zero-order chi connectivity index (χ0) is 14.7. The molecule has 0 saturated carbocycles. The van der Waals surface area contributed by atoms with E-state index in [4.69, 9.17) is 10.00 Å². The predicted octanol–water partition coefficient (Wildman–Crippen LogP) is 2.24. The Bertz CT molecular complexity index is 747. The van der Waals surface area contributed by atoms with Crippen molar-refractivity contribution in [2.75, 3.05) is 7.11 Å². The van der Waals surface area contributed by atoms with Crippen LogP contribution in [0.15, 0.2) is 33.8 Å². The molecule has 20 heavy (non-hydrogen) atoms. The van der Waals surface area contributed by atoms with Gasteiger partial charge in [0, 0.05) is 0 Å². The van der Waals surface area contributed by atoms with Crippen LogP contribution in [-0.2, 0) is 6.54 Å². The van der Waals surface area contributed by atoms with E-state index >= 15 is 0 Å². The molecule has 102 valence electrons. The molecule has 0 aliphatic rings. The summed E-state index contributed by atoms with van der Waals surface area (Å²) in [5.41, 5.74) is 1.78. The minimum atomic E-state index is -0.146. The number of hydrogen-bond acceptors (Lipinski definition) is 4. The Hall–Kier alpha value is -2.13. The van der Waals surface area contributed by atoms with E-state index in [0.717, 1.165) is 5.56 Å². The van der Waals surface area contributed by atoms with E-state index in [1.54, 1.807) is 19.1 Å². The van der Waals surface area contributed by atoms with Crippen molar-refractivity contribution >= 4 is 15.9 Å². The lowest BCUT2D eigenvalue weighted by Gasteiger charge is -2.09. The normalized spacial score (nSPS) is 10.1. The number of nitrogens with zero attached hydrogens (tertiary/aromatic N) is 3. The number of halogens is 1. The van der Waals surface area contributed by atoms with Gasteiger partial charge in [-0.2, -0.15) is 5.26 Å². The Morgan fingerprint density at radius 2 is 2.25 bits per heavy atom. The van der Waals surface area contributed by atoms with Gasteiger partial charge >= 0.3 is 0 Å². The molecule has 0 aliphatic heterocycles. The number of methoxy groups -OCH3 is 1. The highest BCUT2D eigenvalue weighted by Gasteiger charge is 2.08. The average Bonchev–Trinajstić information content (AvgIpc) is 2.47. The van der Waals surface area contributed by atoms with Gasteiger partial charge in [0.05, 0.1) is 31.2 Å². The lowest BCUT2D eigenvalue weighted by molar-refractivity contribution is 0.413. The summed E-state index contributed by atoms with van der Waals surface area (Å²) >= 11 is 3.23. The second-order valence-electron chi connectivity index (χ2n) is 4.22. The highest BCUT2D eigenvalue weighted by atomic mass is 79.9. The van der Waals surface area contributed by atoms with Gasteiger partial charge in [-0.1, -0.05) is 6.07 Å². The highest BCUT2D eigenvalue weighted by molar-refractivity contribution is 9.10. The summed E-state index contributed by atoms with van der Waals surface area (Å²) < 4.78 is 7.03. The minimum absolute atomic E-state index is 0.146. The first kappa shape index (κ1) is 14.3. The maximum Gasteiger partial charge on any atom is 0.268 e. The van der Waals surface area contributed by atoms with Gasteiger partial charge in [-0.25, -0.2) is 4.98 Å². The van der Waals surface area contributed by atoms with Crippen LogP contribution in [0.4, 0.5) is 0 Å². The van der Waals surface area contributed by atoms with Crippen LogP contribution in [0.25, 0.3) is 0 Å². The van der Waals surface area contributed by atoms with E-state index in [9.17, 15) is 4.79 Å². The van der Waals surface area contributed by atoms with E-state index < -0.39 is 0 Å². The van der Waals surface area contributed by atoms with Crippen molar-refractivity contribution in [1.29, 1.82) is 5.26 Å². The molecule has 6 heteroatoms.